The van der Waals surface area contributed by atoms with Crippen molar-refractivity contribution in [1.82, 2.24) is 9.21 Å². The second-order valence-corrected chi connectivity index (χ2v) is 8.15. The average Bonchev–Trinajstić information content (AvgIpc) is 3.07. The van der Waals surface area contributed by atoms with Crippen molar-refractivity contribution in [2.45, 2.75) is 18.7 Å². The normalized spacial score (nSPS) is 15.8. The molecule has 138 valence electrons. The minimum absolute atomic E-state index is 0.0897. The molecule has 0 saturated carbocycles. The Labute approximate surface area is 152 Å². The maximum Gasteiger partial charge on any atom is 0.289 e. The first kappa shape index (κ1) is 18.3. The zero-order chi connectivity index (χ0) is 18.9. The van der Waals surface area contributed by atoms with Gasteiger partial charge in [0, 0.05) is 37.3 Å². The van der Waals surface area contributed by atoms with E-state index in [1.807, 2.05) is 0 Å². The summed E-state index contributed by atoms with van der Waals surface area (Å²) in [5, 5.41) is 0. The van der Waals surface area contributed by atoms with Crippen LogP contribution in [-0.4, -0.2) is 55.5 Å². The van der Waals surface area contributed by atoms with Gasteiger partial charge in [-0.05, 0) is 32.0 Å². The third-order valence-corrected chi connectivity index (χ3v) is 6.36. The molecule has 0 atom stereocenters. The number of piperazine rings is 1. The van der Waals surface area contributed by atoms with E-state index in [0.29, 0.717) is 5.56 Å². The molecule has 8 heteroatoms. The van der Waals surface area contributed by atoms with E-state index < -0.39 is 10.0 Å². The van der Waals surface area contributed by atoms with Gasteiger partial charge >= 0.3 is 0 Å². The van der Waals surface area contributed by atoms with E-state index in [0.717, 1.165) is 5.56 Å². The third kappa shape index (κ3) is 3.42. The largest absolute Gasteiger partial charge is 0.459 e. The Kier molecular flexibility index (Phi) is 4.97. The monoisotopic (exact) mass is 376 g/mol. The number of sulfonamides is 1. The number of rotatable bonds is 4. The Balaban J connectivity index is 1.73. The van der Waals surface area contributed by atoms with Gasteiger partial charge in [0.25, 0.3) is 5.91 Å². The van der Waals surface area contributed by atoms with Crippen molar-refractivity contribution < 1.29 is 22.4 Å². The van der Waals surface area contributed by atoms with Gasteiger partial charge in [-0.3, -0.25) is 9.59 Å². The van der Waals surface area contributed by atoms with Crippen molar-refractivity contribution >= 4 is 21.7 Å². The summed E-state index contributed by atoms with van der Waals surface area (Å²) in [5.74, 6) is -0.134. The van der Waals surface area contributed by atoms with E-state index in [1.165, 1.54) is 29.6 Å². The average molecular weight is 376 g/mol. The first-order valence-electron chi connectivity index (χ1n) is 8.25. The number of hydrogen-bond donors (Lipinski definition) is 0. The smallest absolute Gasteiger partial charge is 0.289 e. The predicted molar refractivity (Wildman–Crippen MR) is 94.6 cm³/mol. The van der Waals surface area contributed by atoms with Gasteiger partial charge in [0.2, 0.25) is 10.0 Å². The number of ketones is 1. The summed E-state index contributed by atoms with van der Waals surface area (Å²) in [6.07, 6.45) is 1.46. The second-order valence-electron chi connectivity index (χ2n) is 6.21. The first-order valence-corrected chi connectivity index (χ1v) is 9.69. The number of benzene rings is 1. The standard InChI is InChI=1S/C18H20N2O5S/c1-13-6-11-25-17(13)18(22)19-7-9-20(10-8-19)26(23,24)16-5-3-4-15(12-16)14(2)21/h3-6,11-12H,7-10H2,1-2H3. The van der Waals surface area contributed by atoms with Crippen LogP contribution in [0.15, 0.2) is 45.9 Å². The van der Waals surface area contributed by atoms with Crippen LogP contribution in [0.1, 0.15) is 33.4 Å². The molecule has 1 aliphatic rings. The van der Waals surface area contributed by atoms with E-state index in [4.69, 9.17) is 4.42 Å². The summed E-state index contributed by atoms with van der Waals surface area (Å²) in [6, 6.07) is 7.73. The lowest BCUT2D eigenvalue weighted by Gasteiger charge is -2.33. The summed E-state index contributed by atoms with van der Waals surface area (Å²) >= 11 is 0. The van der Waals surface area contributed by atoms with Crippen LogP contribution in [0.25, 0.3) is 0 Å². The lowest BCUT2D eigenvalue weighted by molar-refractivity contribution is 0.0664. The van der Waals surface area contributed by atoms with Crippen LogP contribution in [-0.2, 0) is 10.0 Å². The fourth-order valence-electron chi connectivity index (χ4n) is 2.89. The molecule has 1 amide bonds. The summed E-state index contributed by atoms with van der Waals surface area (Å²) in [6.45, 7) is 4.14. The molecule has 1 aromatic carbocycles. The Hall–Kier alpha value is -2.45. The SMILES string of the molecule is CC(=O)c1cccc(S(=O)(=O)N2CCN(C(=O)c3occc3C)CC2)c1. The predicted octanol–water partition coefficient (Wildman–Crippen LogP) is 1.94. The van der Waals surface area contributed by atoms with Gasteiger partial charge < -0.3 is 9.32 Å². The molecule has 2 aromatic rings. The fraction of sp³-hybridized carbons (Fsp3) is 0.333. The van der Waals surface area contributed by atoms with Gasteiger partial charge in [0.15, 0.2) is 11.5 Å². The first-order chi connectivity index (χ1) is 12.3. The highest BCUT2D eigenvalue weighted by Crippen LogP contribution is 2.20. The summed E-state index contributed by atoms with van der Waals surface area (Å²) in [4.78, 5) is 25.6. The number of hydrogen-bond acceptors (Lipinski definition) is 5. The molecule has 0 spiro atoms. The molecule has 3 rings (SSSR count). The van der Waals surface area contributed by atoms with Crippen LogP contribution < -0.4 is 0 Å². The molecule has 26 heavy (non-hydrogen) atoms. The Morgan fingerprint density at radius 3 is 2.35 bits per heavy atom. The molecule has 0 bridgehead atoms. The molecule has 1 aromatic heterocycles. The summed E-state index contributed by atoms with van der Waals surface area (Å²) < 4.78 is 32.2. The zero-order valence-electron chi connectivity index (χ0n) is 14.6. The number of furan rings is 1. The van der Waals surface area contributed by atoms with Crippen LogP contribution in [0.4, 0.5) is 0 Å². The molecule has 0 radical (unpaired) electrons. The summed E-state index contributed by atoms with van der Waals surface area (Å²) in [7, 11) is -3.71. The molecule has 1 fully saturated rings. The minimum atomic E-state index is -3.71. The Morgan fingerprint density at radius 2 is 1.77 bits per heavy atom. The van der Waals surface area contributed by atoms with E-state index in [2.05, 4.69) is 0 Å². The van der Waals surface area contributed by atoms with E-state index in [1.54, 1.807) is 30.0 Å². The number of carbonyl (C=O) groups is 2. The fourth-order valence-corrected chi connectivity index (χ4v) is 4.36. The zero-order valence-corrected chi connectivity index (χ0v) is 15.5. The number of aryl methyl sites for hydroxylation is 1. The van der Waals surface area contributed by atoms with Crippen LogP contribution in [0, 0.1) is 6.92 Å². The van der Waals surface area contributed by atoms with E-state index in [-0.39, 0.29) is 48.5 Å². The van der Waals surface area contributed by atoms with Crippen LogP contribution >= 0.6 is 0 Å². The maximum atomic E-state index is 12.8. The molecular weight excluding hydrogens is 356 g/mol. The van der Waals surface area contributed by atoms with Gasteiger partial charge in [-0.25, -0.2) is 8.42 Å². The second kappa shape index (κ2) is 7.05. The maximum absolute atomic E-state index is 12.8. The molecule has 7 nitrogen and oxygen atoms in total. The van der Waals surface area contributed by atoms with Crippen LogP contribution in [0.2, 0.25) is 0 Å². The van der Waals surface area contributed by atoms with Crippen molar-refractivity contribution in [1.29, 1.82) is 0 Å². The van der Waals surface area contributed by atoms with Gasteiger partial charge in [-0.15, -0.1) is 0 Å². The minimum Gasteiger partial charge on any atom is -0.459 e. The van der Waals surface area contributed by atoms with Crippen LogP contribution in [0.3, 0.4) is 0 Å². The highest BCUT2D eigenvalue weighted by Gasteiger charge is 2.31. The molecule has 0 unspecified atom stereocenters. The number of nitrogens with zero attached hydrogens (tertiary/aromatic N) is 2. The highest BCUT2D eigenvalue weighted by molar-refractivity contribution is 7.89. The van der Waals surface area contributed by atoms with E-state index in [9.17, 15) is 18.0 Å². The van der Waals surface area contributed by atoms with Crippen molar-refractivity contribution in [2.75, 3.05) is 26.2 Å². The van der Waals surface area contributed by atoms with Crippen molar-refractivity contribution in [3.05, 3.63) is 53.5 Å². The lowest BCUT2D eigenvalue weighted by atomic mass is 10.2. The van der Waals surface area contributed by atoms with Crippen molar-refractivity contribution in [3.63, 3.8) is 0 Å². The summed E-state index contributed by atoms with van der Waals surface area (Å²) in [5.41, 5.74) is 1.11. The number of amides is 1. The lowest BCUT2D eigenvalue weighted by Crippen LogP contribution is -2.50. The molecule has 1 aliphatic heterocycles. The Morgan fingerprint density at radius 1 is 1.08 bits per heavy atom. The number of Topliss-reactive ketones (excluding diaryl/α,β-unsaturated/α-hetero) is 1. The Bertz CT molecular complexity index is 940. The van der Waals surface area contributed by atoms with Gasteiger partial charge in [-0.1, -0.05) is 12.1 Å². The molecule has 2 heterocycles. The van der Waals surface area contributed by atoms with Gasteiger partial charge in [0.1, 0.15) is 0 Å². The third-order valence-electron chi connectivity index (χ3n) is 4.46. The molecular formula is C18H20N2O5S. The molecule has 0 aliphatic carbocycles. The van der Waals surface area contributed by atoms with Crippen molar-refractivity contribution in [2.24, 2.45) is 0 Å². The molecule has 1 saturated heterocycles. The highest BCUT2D eigenvalue weighted by atomic mass is 32.2. The van der Waals surface area contributed by atoms with Gasteiger partial charge in [0.05, 0.1) is 11.2 Å². The van der Waals surface area contributed by atoms with Crippen LogP contribution in [0.5, 0.6) is 0 Å². The number of carbonyl (C=O) groups excluding carboxylic acids is 2. The van der Waals surface area contributed by atoms with Crippen molar-refractivity contribution in [3.8, 4) is 0 Å². The van der Waals surface area contributed by atoms with Gasteiger partial charge in [-0.2, -0.15) is 4.31 Å². The quantitative estimate of drug-likeness (QED) is 0.761. The topological polar surface area (TPSA) is 87.9 Å². The molecule has 0 N–H and O–H groups in total. The van der Waals surface area contributed by atoms with E-state index >= 15 is 0 Å².